The molecular weight excluding hydrogens is 348 g/mol. The summed E-state index contributed by atoms with van der Waals surface area (Å²) in [6.07, 6.45) is 27.6. The van der Waals surface area contributed by atoms with Gasteiger partial charge in [0.15, 0.2) is 6.29 Å². The molecule has 1 aliphatic heterocycles. The minimum Gasteiger partial charge on any atom is -0.353 e. The first-order valence-corrected chi connectivity index (χ1v) is 12.2. The normalized spacial score (nSPS) is 18.5. The highest BCUT2D eigenvalue weighted by Gasteiger charge is 2.19. The Morgan fingerprint density at radius 3 is 2.14 bits per heavy atom. The van der Waals surface area contributed by atoms with Crippen molar-refractivity contribution < 1.29 is 14.3 Å². The van der Waals surface area contributed by atoms with E-state index in [1.807, 2.05) is 0 Å². The van der Waals surface area contributed by atoms with Crippen LogP contribution >= 0.6 is 0 Å². The Kier molecular flexibility index (Phi) is 17.8. The molecule has 0 saturated carbocycles. The van der Waals surface area contributed by atoms with Crippen molar-refractivity contribution in [3.63, 3.8) is 0 Å². The van der Waals surface area contributed by atoms with Crippen molar-refractivity contribution in [2.45, 2.75) is 135 Å². The lowest BCUT2D eigenvalue weighted by molar-refractivity contribution is -0.190. The molecule has 164 valence electrons. The van der Waals surface area contributed by atoms with Gasteiger partial charge in [0.1, 0.15) is 6.29 Å². The average molecular weight is 395 g/mol. The number of ether oxygens (including phenoxy) is 2. The molecule has 0 aliphatic carbocycles. The molecule has 0 aromatic heterocycles. The number of carbonyl (C=O) groups excluding carboxylic acids is 1. The van der Waals surface area contributed by atoms with Crippen LogP contribution in [0, 0.1) is 0 Å². The summed E-state index contributed by atoms with van der Waals surface area (Å²) in [4.78, 5) is 10.9. The van der Waals surface area contributed by atoms with Crippen LogP contribution in [0.5, 0.6) is 0 Å². The molecule has 0 radical (unpaired) electrons. The van der Waals surface area contributed by atoms with Gasteiger partial charge in [0.25, 0.3) is 0 Å². The fourth-order valence-corrected chi connectivity index (χ4v) is 3.82. The van der Waals surface area contributed by atoms with Gasteiger partial charge in [-0.15, -0.1) is 0 Å². The molecule has 1 unspecified atom stereocenters. The van der Waals surface area contributed by atoms with E-state index in [4.69, 9.17) is 9.47 Å². The number of hydrogen-bond acceptors (Lipinski definition) is 3. The third kappa shape index (κ3) is 15.3. The molecule has 0 bridgehead atoms. The second kappa shape index (κ2) is 19.6. The topological polar surface area (TPSA) is 35.5 Å². The van der Waals surface area contributed by atoms with Crippen LogP contribution in [0.25, 0.3) is 0 Å². The number of unbranched alkanes of at least 4 members (excludes halogenated alkanes) is 11. The van der Waals surface area contributed by atoms with E-state index in [-0.39, 0.29) is 12.4 Å². The number of allylic oxidation sites excluding steroid dienone is 2. The van der Waals surface area contributed by atoms with Gasteiger partial charge >= 0.3 is 0 Å². The summed E-state index contributed by atoms with van der Waals surface area (Å²) in [5.41, 5.74) is 0. The summed E-state index contributed by atoms with van der Waals surface area (Å²) in [6, 6.07) is 0. The molecule has 1 aliphatic rings. The lowest BCUT2D eigenvalue weighted by Gasteiger charge is -2.27. The van der Waals surface area contributed by atoms with Gasteiger partial charge < -0.3 is 14.3 Å². The van der Waals surface area contributed by atoms with Gasteiger partial charge in [-0.2, -0.15) is 0 Å². The zero-order valence-electron chi connectivity index (χ0n) is 18.5. The maximum atomic E-state index is 10.9. The minimum absolute atomic E-state index is 0.0468. The molecule has 3 heteroatoms. The van der Waals surface area contributed by atoms with Gasteiger partial charge in [-0.05, 0) is 51.4 Å². The summed E-state index contributed by atoms with van der Waals surface area (Å²) in [5, 5.41) is 0. The molecular formula is C25H46O3. The van der Waals surface area contributed by atoms with E-state index >= 15 is 0 Å². The predicted molar refractivity (Wildman–Crippen MR) is 119 cm³/mol. The number of hydrogen-bond donors (Lipinski definition) is 0. The molecule has 0 aromatic rings. The number of aldehydes is 1. The van der Waals surface area contributed by atoms with E-state index < -0.39 is 0 Å². The molecule has 1 heterocycles. The quantitative estimate of drug-likeness (QED) is 0.129. The lowest BCUT2D eigenvalue weighted by Crippen LogP contribution is -2.28. The van der Waals surface area contributed by atoms with Crippen molar-refractivity contribution >= 4 is 6.29 Å². The molecule has 1 saturated heterocycles. The van der Waals surface area contributed by atoms with E-state index in [0.29, 0.717) is 6.42 Å². The summed E-state index contributed by atoms with van der Waals surface area (Å²) in [6.45, 7) is 3.07. The molecule has 1 fully saturated rings. The Morgan fingerprint density at radius 1 is 0.893 bits per heavy atom. The SMILES string of the molecule is CCCCCCCCC=CCCCCCCC[C@H](CC=O)OC1CCCCO1. The van der Waals surface area contributed by atoms with Crippen LogP contribution in [0.4, 0.5) is 0 Å². The first-order valence-electron chi connectivity index (χ1n) is 12.2. The van der Waals surface area contributed by atoms with Crippen LogP contribution in [-0.2, 0) is 14.3 Å². The lowest BCUT2D eigenvalue weighted by atomic mass is 10.0. The summed E-state index contributed by atoms with van der Waals surface area (Å²) in [7, 11) is 0. The van der Waals surface area contributed by atoms with Gasteiger partial charge in [0, 0.05) is 13.0 Å². The van der Waals surface area contributed by atoms with Crippen LogP contribution < -0.4 is 0 Å². The van der Waals surface area contributed by atoms with Crippen molar-refractivity contribution in [3.8, 4) is 0 Å². The Hall–Kier alpha value is -0.670. The molecule has 2 atom stereocenters. The van der Waals surface area contributed by atoms with Crippen LogP contribution in [0.1, 0.15) is 122 Å². The maximum absolute atomic E-state index is 10.9. The first-order chi connectivity index (χ1) is 13.9. The minimum atomic E-state index is -0.0816. The molecule has 1 rings (SSSR count). The van der Waals surface area contributed by atoms with Gasteiger partial charge in [-0.3, -0.25) is 0 Å². The third-order valence-electron chi connectivity index (χ3n) is 5.63. The monoisotopic (exact) mass is 394 g/mol. The molecule has 0 amide bonds. The van der Waals surface area contributed by atoms with E-state index in [2.05, 4.69) is 19.1 Å². The highest BCUT2D eigenvalue weighted by atomic mass is 16.7. The van der Waals surface area contributed by atoms with E-state index in [0.717, 1.165) is 38.6 Å². The van der Waals surface area contributed by atoms with Crippen molar-refractivity contribution in [2.24, 2.45) is 0 Å². The fraction of sp³-hybridized carbons (Fsp3) is 0.880. The second-order valence-corrected chi connectivity index (χ2v) is 8.33. The summed E-state index contributed by atoms with van der Waals surface area (Å²) in [5.74, 6) is 0. The Bertz CT molecular complexity index is 361. The van der Waals surface area contributed by atoms with E-state index in [1.165, 1.54) is 83.5 Å². The van der Waals surface area contributed by atoms with E-state index in [1.54, 1.807) is 0 Å². The highest BCUT2D eigenvalue weighted by molar-refractivity contribution is 5.50. The van der Waals surface area contributed by atoms with Crippen LogP contribution in [0.15, 0.2) is 12.2 Å². The largest absolute Gasteiger partial charge is 0.353 e. The van der Waals surface area contributed by atoms with Crippen LogP contribution in [-0.4, -0.2) is 25.3 Å². The number of carbonyl (C=O) groups is 1. The Balaban J connectivity index is 1.89. The number of rotatable bonds is 19. The van der Waals surface area contributed by atoms with Crippen molar-refractivity contribution in [1.82, 2.24) is 0 Å². The molecule has 0 N–H and O–H groups in total. The molecule has 0 aromatic carbocycles. The van der Waals surface area contributed by atoms with Gasteiger partial charge in [0.2, 0.25) is 0 Å². The Morgan fingerprint density at radius 2 is 1.54 bits per heavy atom. The average Bonchev–Trinajstić information content (AvgIpc) is 2.71. The standard InChI is InChI=1S/C25H46O3/c1-2-3-4-5-6-7-8-9-10-11-12-13-14-15-16-19-24(21-22-26)28-25-20-17-18-23-27-25/h9-10,22,24-25H,2-8,11-21,23H2,1H3/t24-,25?/m1/s1. The van der Waals surface area contributed by atoms with Gasteiger partial charge in [0.05, 0.1) is 6.10 Å². The van der Waals surface area contributed by atoms with Crippen molar-refractivity contribution in [1.29, 1.82) is 0 Å². The molecule has 3 nitrogen and oxygen atoms in total. The fourth-order valence-electron chi connectivity index (χ4n) is 3.82. The van der Waals surface area contributed by atoms with Crippen molar-refractivity contribution in [3.05, 3.63) is 12.2 Å². The van der Waals surface area contributed by atoms with Crippen LogP contribution in [0.3, 0.4) is 0 Å². The summed E-state index contributed by atoms with van der Waals surface area (Å²) < 4.78 is 11.6. The third-order valence-corrected chi connectivity index (χ3v) is 5.63. The zero-order chi connectivity index (χ0) is 20.1. The Labute approximate surface area is 174 Å². The first kappa shape index (κ1) is 25.4. The molecule has 28 heavy (non-hydrogen) atoms. The molecule has 0 spiro atoms. The second-order valence-electron chi connectivity index (χ2n) is 8.33. The maximum Gasteiger partial charge on any atom is 0.157 e. The van der Waals surface area contributed by atoms with Gasteiger partial charge in [-0.1, -0.05) is 76.9 Å². The van der Waals surface area contributed by atoms with Gasteiger partial charge in [-0.25, -0.2) is 0 Å². The van der Waals surface area contributed by atoms with Crippen LogP contribution in [0.2, 0.25) is 0 Å². The van der Waals surface area contributed by atoms with E-state index in [9.17, 15) is 4.79 Å². The zero-order valence-corrected chi connectivity index (χ0v) is 18.5. The summed E-state index contributed by atoms with van der Waals surface area (Å²) >= 11 is 0. The van der Waals surface area contributed by atoms with Crippen molar-refractivity contribution in [2.75, 3.05) is 6.61 Å². The predicted octanol–water partition coefficient (Wildman–Crippen LogP) is 7.52. The smallest absolute Gasteiger partial charge is 0.157 e. The highest BCUT2D eigenvalue weighted by Crippen LogP contribution is 2.19.